The van der Waals surface area contributed by atoms with Crippen LogP contribution in [0.25, 0.3) is 0 Å². The van der Waals surface area contributed by atoms with Crippen molar-refractivity contribution in [2.24, 2.45) is 0 Å². The van der Waals surface area contributed by atoms with Crippen molar-refractivity contribution in [3.63, 3.8) is 0 Å². The number of fused-ring (bicyclic) bond motifs is 1. The van der Waals surface area contributed by atoms with Gasteiger partial charge in [-0.3, -0.25) is 9.69 Å². The average molecular weight is 387 g/mol. The van der Waals surface area contributed by atoms with Gasteiger partial charge in [0.15, 0.2) is 6.10 Å². The van der Waals surface area contributed by atoms with Gasteiger partial charge in [0.25, 0.3) is 5.91 Å². The summed E-state index contributed by atoms with van der Waals surface area (Å²) in [5, 5.41) is 3.63. The zero-order chi connectivity index (χ0) is 18.6. The Kier molecular flexibility index (Phi) is 5.62. The van der Waals surface area contributed by atoms with Crippen LogP contribution in [0.15, 0.2) is 42.5 Å². The second-order valence-corrected chi connectivity index (χ2v) is 7.42. The van der Waals surface area contributed by atoms with Crippen molar-refractivity contribution in [2.45, 2.75) is 25.6 Å². The van der Waals surface area contributed by atoms with Gasteiger partial charge in [0, 0.05) is 37.6 Å². The van der Waals surface area contributed by atoms with Gasteiger partial charge >= 0.3 is 0 Å². The summed E-state index contributed by atoms with van der Waals surface area (Å²) in [4.78, 5) is 14.8. The Morgan fingerprint density at radius 1 is 1.11 bits per heavy atom. The van der Waals surface area contributed by atoms with E-state index >= 15 is 0 Å². The number of benzene rings is 2. The molecule has 2 aromatic carbocycles. The topological polar surface area (TPSA) is 50.8 Å². The SMILES string of the molecule is O=C(NCc1ccc(CN2CCOCC2)cc1)C1Cc2cc(Cl)ccc2O1. The summed E-state index contributed by atoms with van der Waals surface area (Å²) >= 11 is 6.00. The zero-order valence-corrected chi connectivity index (χ0v) is 15.9. The highest BCUT2D eigenvalue weighted by Gasteiger charge is 2.28. The smallest absolute Gasteiger partial charge is 0.261 e. The number of hydrogen-bond acceptors (Lipinski definition) is 4. The first-order valence-corrected chi connectivity index (χ1v) is 9.66. The molecule has 0 spiro atoms. The first kappa shape index (κ1) is 18.3. The van der Waals surface area contributed by atoms with E-state index in [0.29, 0.717) is 18.0 Å². The van der Waals surface area contributed by atoms with Crippen LogP contribution in [0.4, 0.5) is 0 Å². The van der Waals surface area contributed by atoms with Crippen LogP contribution in [0.3, 0.4) is 0 Å². The lowest BCUT2D eigenvalue weighted by atomic mass is 10.1. The Morgan fingerprint density at radius 2 is 1.85 bits per heavy atom. The Bertz CT molecular complexity index is 804. The van der Waals surface area contributed by atoms with Gasteiger partial charge in [0.2, 0.25) is 0 Å². The van der Waals surface area contributed by atoms with Crippen molar-refractivity contribution in [1.82, 2.24) is 10.2 Å². The standard InChI is InChI=1S/C21H23ClN2O3/c22-18-5-6-19-17(11-18)12-20(27-19)21(25)23-13-15-1-3-16(4-2-15)14-24-7-9-26-10-8-24/h1-6,11,20H,7-10,12-14H2,(H,23,25). The van der Waals surface area contributed by atoms with Crippen LogP contribution < -0.4 is 10.1 Å². The minimum Gasteiger partial charge on any atom is -0.480 e. The third-order valence-electron chi connectivity index (χ3n) is 4.99. The minimum atomic E-state index is -0.487. The van der Waals surface area contributed by atoms with Gasteiger partial charge in [-0.25, -0.2) is 0 Å². The molecule has 2 heterocycles. The van der Waals surface area contributed by atoms with Crippen molar-refractivity contribution in [1.29, 1.82) is 0 Å². The minimum absolute atomic E-state index is 0.0975. The Labute approximate surface area is 164 Å². The van der Waals surface area contributed by atoms with Gasteiger partial charge in [0.1, 0.15) is 5.75 Å². The van der Waals surface area contributed by atoms with E-state index in [0.717, 1.165) is 49.7 Å². The molecule has 4 rings (SSSR count). The van der Waals surface area contributed by atoms with E-state index in [4.69, 9.17) is 21.1 Å². The van der Waals surface area contributed by atoms with Crippen LogP contribution in [0.5, 0.6) is 5.75 Å². The Morgan fingerprint density at radius 3 is 2.63 bits per heavy atom. The molecule has 0 bridgehead atoms. The molecule has 2 aromatic rings. The number of amides is 1. The molecule has 6 heteroatoms. The highest BCUT2D eigenvalue weighted by molar-refractivity contribution is 6.30. The molecule has 1 atom stereocenters. The lowest BCUT2D eigenvalue weighted by Gasteiger charge is -2.26. The summed E-state index contributed by atoms with van der Waals surface area (Å²) in [6.07, 6.45) is 0.0688. The molecule has 142 valence electrons. The molecule has 0 saturated carbocycles. The van der Waals surface area contributed by atoms with Crippen molar-refractivity contribution >= 4 is 17.5 Å². The molecule has 0 aliphatic carbocycles. The summed E-state index contributed by atoms with van der Waals surface area (Å²) < 4.78 is 11.1. The number of rotatable bonds is 5. The van der Waals surface area contributed by atoms with E-state index < -0.39 is 6.10 Å². The molecule has 5 nitrogen and oxygen atoms in total. The first-order chi connectivity index (χ1) is 13.2. The fourth-order valence-electron chi connectivity index (χ4n) is 3.45. The molecular weight excluding hydrogens is 364 g/mol. The molecule has 1 fully saturated rings. The molecule has 1 N–H and O–H groups in total. The van der Waals surface area contributed by atoms with E-state index in [9.17, 15) is 4.79 Å². The van der Waals surface area contributed by atoms with Gasteiger partial charge in [-0.15, -0.1) is 0 Å². The molecule has 1 saturated heterocycles. The van der Waals surface area contributed by atoms with Gasteiger partial charge in [-0.05, 0) is 34.9 Å². The number of morpholine rings is 1. The molecular formula is C21H23ClN2O3. The third-order valence-corrected chi connectivity index (χ3v) is 5.22. The second-order valence-electron chi connectivity index (χ2n) is 6.99. The number of carbonyl (C=O) groups is 1. The maximum atomic E-state index is 12.4. The monoisotopic (exact) mass is 386 g/mol. The van der Waals surface area contributed by atoms with E-state index in [-0.39, 0.29) is 5.91 Å². The van der Waals surface area contributed by atoms with E-state index in [1.165, 1.54) is 5.56 Å². The van der Waals surface area contributed by atoms with Gasteiger partial charge in [-0.1, -0.05) is 35.9 Å². The van der Waals surface area contributed by atoms with Gasteiger partial charge < -0.3 is 14.8 Å². The van der Waals surface area contributed by atoms with Crippen molar-refractivity contribution in [3.05, 3.63) is 64.2 Å². The number of ether oxygens (including phenoxy) is 2. The molecule has 0 radical (unpaired) electrons. The second kappa shape index (κ2) is 8.30. The molecule has 1 amide bonds. The maximum Gasteiger partial charge on any atom is 0.261 e. The highest BCUT2D eigenvalue weighted by Crippen LogP contribution is 2.31. The molecule has 27 heavy (non-hydrogen) atoms. The maximum absolute atomic E-state index is 12.4. The number of halogens is 1. The van der Waals surface area contributed by atoms with Crippen LogP contribution >= 0.6 is 11.6 Å². The molecule has 1 unspecified atom stereocenters. The lowest BCUT2D eigenvalue weighted by Crippen LogP contribution is -2.37. The predicted molar refractivity (Wildman–Crippen MR) is 104 cm³/mol. The average Bonchev–Trinajstić information content (AvgIpc) is 3.11. The Hall–Kier alpha value is -2.08. The highest BCUT2D eigenvalue weighted by atomic mass is 35.5. The molecule has 2 aliphatic heterocycles. The van der Waals surface area contributed by atoms with Crippen molar-refractivity contribution < 1.29 is 14.3 Å². The number of nitrogens with one attached hydrogen (secondary N) is 1. The summed E-state index contributed by atoms with van der Waals surface area (Å²) in [5.41, 5.74) is 3.33. The largest absolute Gasteiger partial charge is 0.480 e. The van der Waals surface area contributed by atoms with E-state index in [2.05, 4.69) is 34.5 Å². The normalized spacial score (nSPS) is 19.4. The summed E-state index contributed by atoms with van der Waals surface area (Å²) in [6.45, 7) is 5.01. The molecule has 0 aromatic heterocycles. The van der Waals surface area contributed by atoms with Crippen molar-refractivity contribution in [2.75, 3.05) is 26.3 Å². The predicted octanol–water partition coefficient (Wildman–Crippen LogP) is 2.79. The zero-order valence-electron chi connectivity index (χ0n) is 15.1. The van der Waals surface area contributed by atoms with Crippen LogP contribution in [-0.4, -0.2) is 43.2 Å². The van der Waals surface area contributed by atoms with Gasteiger partial charge in [0.05, 0.1) is 13.2 Å². The lowest BCUT2D eigenvalue weighted by molar-refractivity contribution is -0.127. The van der Waals surface area contributed by atoms with Crippen LogP contribution in [0.2, 0.25) is 5.02 Å². The Balaban J connectivity index is 1.27. The summed E-state index contributed by atoms with van der Waals surface area (Å²) in [5.74, 6) is 0.645. The fourth-order valence-corrected chi connectivity index (χ4v) is 3.64. The quantitative estimate of drug-likeness (QED) is 0.858. The number of carbonyl (C=O) groups excluding carboxylic acids is 1. The van der Waals surface area contributed by atoms with E-state index in [1.807, 2.05) is 12.1 Å². The first-order valence-electron chi connectivity index (χ1n) is 9.28. The van der Waals surface area contributed by atoms with Crippen LogP contribution in [0.1, 0.15) is 16.7 Å². The molecule has 2 aliphatic rings. The summed E-state index contributed by atoms with van der Waals surface area (Å²) in [7, 11) is 0. The van der Waals surface area contributed by atoms with E-state index in [1.54, 1.807) is 6.07 Å². The van der Waals surface area contributed by atoms with Crippen molar-refractivity contribution in [3.8, 4) is 5.75 Å². The van der Waals surface area contributed by atoms with Crippen LogP contribution in [0, 0.1) is 0 Å². The third kappa shape index (κ3) is 4.61. The number of hydrogen-bond donors (Lipinski definition) is 1. The summed E-state index contributed by atoms with van der Waals surface area (Å²) in [6, 6.07) is 13.8. The van der Waals surface area contributed by atoms with Crippen LogP contribution in [-0.2, 0) is 29.0 Å². The number of nitrogens with zero attached hydrogens (tertiary/aromatic N) is 1. The van der Waals surface area contributed by atoms with Gasteiger partial charge in [-0.2, -0.15) is 0 Å². The fraction of sp³-hybridized carbons (Fsp3) is 0.381.